The van der Waals surface area contributed by atoms with Crippen molar-refractivity contribution in [1.82, 2.24) is 10.2 Å². The number of aromatic nitrogens is 2. The molecule has 1 amide bonds. The number of methoxy groups -OCH3 is 1. The molecule has 1 aromatic carbocycles. The van der Waals surface area contributed by atoms with Crippen LogP contribution in [0.25, 0.3) is 0 Å². The Labute approximate surface area is 145 Å². The Morgan fingerprint density at radius 3 is 2.79 bits per heavy atom. The SMILES string of the molecule is CCOc1cc(C(=O)Nc2nnc(C3CCCC3)s2)ccc1OC. The number of nitrogens with one attached hydrogen (secondary N) is 1. The Morgan fingerprint density at radius 1 is 1.29 bits per heavy atom. The van der Waals surface area contributed by atoms with E-state index in [4.69, 9.17) is 9.47 Å². The van der Waals surface area contributed by atoms with Gasteiger partial charge in [0.05, 0.1) is 13.7 Å². The molecule has 1 aliphatic carbocycles. The molecule has 7 heteroatoms. The Hall–Kier alpha value is -2.15. The lowest BCUT2D eigenvalue weighted by molar-refractivity contribution is 0.102. The van der Waals surface area contributed by atoms with Crippen LogP contribution in [0.3, 0.4) is 0 Å². The van der Waals surface area contributed by atoms with Crippen molar-refractivity contribution in [3.8, 4) is 11.5 Å². The van der Waals surface area contributed by atoms with Crippen molar-refractivity contribution < 1.29 is 14.3 Å². The lowest BCUT2D eigenvalue weighted by Crippen LogP contribution is -2.12. The van der Waals surface area contributed by atoms with E-state index in [9.17, 15) is 4.79 Å². The molecule has 0 spiro atoms. The predicted octanol–water partition coefficient (Wildman–Crippen LogP) is 3.86. The first-order valence-electron chi connectivity index (χ1n) is 8.17. The van der Waals surface area contributed by atoms with Gasteiger partial charge in [-0.05, 0) is 38.0 Å². The number of nitrogens with zero attached hydrogens (tertiary/aromatic N) is 2. The number of carbonyl (C=O) groups is 1. The fourth-order valence-corrected chi connectivity index (χ4v) is 3.79. The maximum Gasteiger partial charge on any atom is 0.257 e. The molecule has 1 aliphatic rings. The van der Waals surface area contributed by atoms with E-state index in [0.29, 0.717) is 34.7 Å². The molecule has 0 saturated heterocycles. The van der Waals surface area contributed by atoms with E-state index >= 15 is 0 Å². The molecule has 24 heavy (non-hydrogen) atoms. The smallest absolute Gasteiger partial charge is 0.257 e. The summed E-state index contributed by atoms with van der Waals surface area (Å²) < 4.78 is 10.7. The quantitative estimate of drug-likeness (QED) is 0.859. The van der Waals surface area contributed by atoms with E-state index in [1.807, 2.05) is 6.92 Å². The van der Waals surface area contributed by atoms with Gasteiger partial charge >= 0.3 is 0 Å². The minimum Gasteiger partial charge on any atom is -0.493 e. The summed E-state index contributed by atoms with van der Waals surface area (Å²) in [5.41, 5.74) is 0.497. The van der Waals surface area contributed by atoms with Crippen LogP contribution in [0.4, 0.5) is 5.13 Å². The molecule has 0 atom stereocenters. The van der Waals surface area contributed by atoms with E-state index in [1.54, 1.807) is 25.3 Å². The van der Waals surface area contributed by atoms with Gasteiger partial charge in [0.25, 0.3) is 5.91 Å². The number of carbonyl (C=O) groups excluding carboxylic acids is 1. The first-order valence-corrected chi connectivity index (χ1v) is 8.98. The maximum atomic E-state index is 12.4. The summed E-state index contributed by atoms with van der Waals surface area (Å²) in [6, 6.07) is 5.11. The van der Waals surface area contributed by atoms with Gasteiger partial charge in [-0.25, -0.2) is 0 Å². The van der Waals surface area contributed by atoms with E-state index in [-0.39, 0.29) is 5.91 Å². The van der Waals surface area contributed by atoms with Crippen LogP contribution >= 0.6 is 11.3 Å². The highest BCUT2D eigenvalue weighted by Crippen LogP contribution is 2.36. The second kappa shape index (κ2) is 7.61. The van der Waals surface area contributed by atoms with Crippen molar-refractivity contribution in [1.29, 1.82) is 0 Å². The highest BCUT2D eigenvalue weighted by Gasteiger charge is 2.22. The highest BCUT2D eigenvalue weighted by atomic mass is 32.1. The van der Waals surface area contributed by atoms with Gasteiger partial charge in [-0.1, -0.05) is 24.2 Å². The van der Waals surface area contributed by atoms with Crippen LogP contribution in [0.2, 0.25) is 0 Å². The third kappa shape index (κ3) is 3.67. The van der Waals surface area contributed by atoms with Crippen LogP contribution in [-0.2, 0) is 0 Å². The fraction of sp³-hybridized carbons (Fsp3) is 0.471. The number of hydrogen-bond donors (Lipinski definition) is 1. The van der Waals surface area contributed by atoms with Crippen LogP contribution in [-0.4, -0.2) is 29.8 Å². The molecule has 3 rings (SSSR count). The number of anilines is 1. The molecule has 1 saturated carbocycles. The molecule has 128 valence electrons. The molecule has 0 radical (unpaired) electrons. The second-order valence-electron chi connectivity index (χ2n) is 5.68. The Bertz CT molecular complexity index is 711. The standard InChI is InChI=1S/C17H21N3O3S/c1-3-23-14-10-12(8-9-13(14)22-2)15(21)18-17-20-19-16(24-17)11-6-4-5-7-11/h8-11H,3-7H2,1-2H3,(H,18,20,21). The van der Waals surface area contributed by atoms with Crippen molar-refractivity contribution in [2.45, 2.75) is 38.5 Å². The largest absolute Gasteiger partial charge is 0.493 e. The molecule has 1 heterocycles. The van der Waals surface area contributed by atoms with Gasteiger partial charge < -0.3 is 9.47 Å². The van der Waals surface area contributed by atoms with Gasteiger partial charge in [0, 0.05) is 11.5 Å². The third-order valence-electron chi connectivity index (χ3n) is 4.09. The normalized spacial score (nSPS) is 14.6. The van der Waals surface area contributed by atoms with Gasteiger partial charge in [-0.2, -0.15) is 0 Å². The second-order valence-corrected chi connectivity index (χ2v) is 6.69. The van der Waals surface area contributed by atoms with E-state index < -0.39 is 0 Å². The molecule has 0 aliphatic heterocycles. The molecular weight excluding hydrogens is 326 g/mol. The zero-order chi connectivity index (χ0) is 16.9. The van der Waals surface area contributed by atoms with Crippen LogP contribution < -0.4 is 14.8 Å². The maximum absolute atomic E-state index is 12.4. The average Bonchev–Trinajstić information content (AvgIpc) is 3.26. The number of hydrogen-bond acceptors (Lipinski definition) is 6. The molecule has 6 nitrogen and oxygen atoms in total. The summed E-state index contributed by atoms with van der Waals surface area (Å²) in [4.78, 5) is 12.4. The Morgan fingerprint density at radius 2 is 2.08 bits per heavy atom. The summed E-state index contributed by atoms with van der Waals surface area (Å²) in [6.45, 7) is 2.39. The summed E-state index contributed by atoms with van der Waals surface area (Å²) >= 11 is 1.47. The average molecular weight is 347 g/mol. The summed E-state index contributed by atoms with van der Waals surface area (Å²) in [6.07, 6.45) is 4.83. The van der Waals surface area contributed by atoms with Crippen LogP contribution in [0, 0.1) is 0 Å². The Balaban J connectivity index is 1.71. The molecule has 1 N–H and O–H groups in total. The summed E-state index contributed by atoms with van der Waals surface area (Å²) in [5.74, 6) is 1.43. The van der Waals surface area contributed by atoms with Crippen LogP contribution in [0.5, 0.6) is 11.5 Å². The van der Waals surface area contributed by atoms with Gasteiger partial charge in [0.2, 0.25) is 5.13 Å². The van der Waals surface area contributed by atoms with Crippen molar-refractivity contribution >= 4 is 22.4 Å². The molecule has 0 unspecified atom stereocenters. The van der Waals surface area contributed by atoms with Crippen molar-refractivity contribution in [2.24, 2.45) is 0 Å². The topological polar surface area (TPSA) is 73.3 Å². The van der Waals surface area contributed by atoms with Gasteiger partial charge in [0.15, 0.2) is 11.5 Å². The van der Waals surface area contributed by atoms with E-state index in [0.717, 1.165) is 5.01 Å². The van der Waals surface area contributed by atoms with Crippen LogP contribution in [0.1, 0.15) is 53.9 Å². The molecule has 1 fully saturated rings. The van der Waals surface area contributed by atoms with Crippen molar-refractivity contribution in [3.63, 3.8) is 0 Å². The first-order chi connectivity index (χ1) is 11.7. The number of amides is 1. The number of ether oxygens (including phenoxy) is 2. The zero-order valence-corrected chi connectivity index (χ0v) is 14.7. The molecule has 2 aromatic rings. The van der Waals surface area contributed by atoms with Gasteiger partial charge in [0.1, 0.15) is 5.01 Å². The molecular formula is C17H21N3O3S. The molecule has 0 bridgehead atoms. The summed E-state index contributed by atoms with van der Waals surface area (Å²) in [5, 5.41) is 12.7. The third-order valence-corrected chi connectivity index (χ3v) is 5.09. The van der Waals surface area contributed by atoms with E-state index in [2.05, 4.69) is 15.5 Å². The predicted molar refractivity (Wildman–Crippen MR) is 93.2 cm³/mol. The number of rotatable bonds is 6. The molecule has 1 aromatic heterocycles. The zero-order valence-electron chi connectivity index (χ0n) is 13.9. The Kier molecular flexibility index (Phi) is 5.30. The lowest BCUT2D eigenvalue weighted by atomic mass is 10.1. The minimum absolute atomic E-state index is 0.229. The van der Waals surface area contributed by atoms with E-state index in [1.165, 1.54) is 37.0 Å². The number of benzene rings is 1. The summed E-state index contributed by atoms with van der Waals surface area (Å²) in [7, 11) is 1.57. The fourth-order valence-electron chi connectivity index (χ4n) is 2.88. The van der Waals surface area contributed by atoms with Gasteiger partial charge in [-0.3, -0.25) is 10.1 Å². The lowest BCUT2D eigenvalue weighted by Gasteiger charge is -2.10. The first kappa shape index (κ1) is 16.7. The van der Waals surface area contributed by atoms with Crippen LogP contribution in [0.15, 0.2) is 18.2 Å². The van der Waals surface area contributed by atoms with Crippen molar-refractivity contribution in [2.75, 3.05) is 19.0 Å². The highest BCUT2D eigenvalue weighted by molar-refractivity contribution is 7.15. The monoisotopic (exact) mass is 347 g/mol. The minimum atomic E-state index is -0.229. The van der Waals surface area contributed by atoms with Crippen molar-refractivity contribution in [3.05, 3.63) is 28.8 Å². The van der Waals surface area contributed by atoms with Gasteiger partial charge in [-0.15, -0.1) is 10.2 Å².